The molecule has 0 aliphatic carbocycles. The number of fused-ring (bicyclic) bond motifs is 1. The van der Waals surface area contributed by atoms with Crippen molar-refractivity contribution in [2.75, 3.05) is 5.32 Å². The third kappa shape index (κ3) is 3.28. The Bertz CT molecular complexity index is 682. The van der Waals surface area contributed by atoms with E-state index in [1.165, 1.54) is 11.1 Å². The molecule has 0 amide bonds. The van der Waals surface area contributed by atoms with Crippen molar-refractivity contribution >= 4 is 28.9 Å². The molecule has 0 saturated carbocycles. The Kier molecular flexibility index (Phi) is 3.76. The van der Waals surface area contributed by atoms with Gasteiger partial charge in [-0.3, -0.25) is 0 Å². The largest absolute Gasteiger partial charge is 0.487 e. The molecule has 4 heteroatoms. The average Bonchev–Trinajstić information content (AvgIpc) is 2.72. The van der Waals surface area contributed by atoms with Gasteiger partial charge < -0.3 is 10.1 Å². The van der Waals surface area contributed by atoms with Gasteiger partial charge in [-0.1, -0.05) is 35.3 Å². The minimum Gasteiger partial charge on any atom is -0.487 e. The van der Waals surface area contributed by atoms with Gasteiger partial charge in [-0.25, -0.2) is 0 Å². The zero-order valence-electron chi connectivity index (χ0n) is 12.0. The monoisotopic (exact) mass is 321 g/mol. The van der Waals surface area contributed by atoms with Crippen LogP contribution in [-0.2, 0) is 13.0 Å². The smallest absolute Gasteiger partial charge is 0.123 e. The van der Waals surface area contributed by atoms with Crippen LogP contribution in [0.1, 0.15) is 25.0 Å². The summed E-state index contributed by atoms with van der Waals surface area (Å²) >= 11 is 12.1. The molecular formula is C17H17Cl2NO. The molecule has 2 nitrogen and oxygen atoms in total. The van der Waals surface area contributed by atoms with Crippen molar-refractivity contribution in [3.63, 3.8) is 0 Å². The minimum atomic E-state index is -0.106. The normalized spacial score (nSPS) is 15.4. The number of halogens is 2. The molecule has 0 atom stereocenters. The van der Waals surface area contributed by atoms with Crippen LogP contribution in [0.3, 0.4) is 0 Å². The Balaban J connectivity index is 1.74. The predicted molar refractivity (Wildman–Crippen MR) is 88.6 cm³/mol. The molecule has 110 valence electrons. The van der Waals surface area contributed by atoms with Crippen molar-refractivity contribution in [3.05, 3.63) is 57.6 Å². The van der Waals surface area contributed by atoms with E-state index in [1.54, 1.807) is 12.1 Å². The van der Waals surface area contributed by atoms with Gasteiger partial charge in [-0.2, -0.15) is 0 Å². The van der Waals surface area contributed by atoms with E-state index in [2.05, 4.69) is 31.3 Å². The average molecular weight is 322 g/mol. The SMILES string of the molecule is CC1(C)Cc2cc(CNc3cc(Cl)ccc3Cl)ccc2O1. The predicted octanol–water partition coefficient (Wildman–Crippen LogP) is 5.32. The first-order chi connectivity index (χ1) is 9.93. The zero-order chi connectivity index (χ0) is 15.0. The molecular weight excluding hydrogens is 305 g/mol. The number of benzene rings is 2. The van der Waals surface area contributed by atoms with Gasteiger partial charge in [0.15, 0.2) is 0 Å². The first-order valence-electron chi connectivity index (χ1n) is 6.93. The van der Waals surface area contributed by atoms with E-state index in [4.69, 9.17) is 27.9 Å². The highest BCUT2D eigenvalue weighted by atomic mass is 35.5. The Morgan fingerprint density at radius 1 is 1.14 bits per heavy atom. The second-order valence-corrected chi connectivity index (χ2v) is 6.80. The van der Waals surface area contributed by atoms with Crippen molar-refractivity contribution in [1.29, 1.82) is 0 Å². The summed E-state index contributed by atoms with van der Waals surface area (Å²) < 4.78 is 5.89. The summed E-state index contributed by atoms with van der Waals surface area (Å²) in [6.45, 7) is 4.92. The van der Waals surface area contributed by atoms with Crippen LogP contribution in [0.2, 0.25) is 10.0 Å². The van der Waals surface area contributed by atoms with Crippen LogP contribution in [0.15, 0.2) is 36.4 Å². The molecule has 0 radical (unpaired) electrons. The molecule has 1 aliphatic heterocycles. The van der Waals surface area contributed by atoms with E-state index < -0.39 is 0 Å². The van der Waals surface area contributed by atoms with Crippen LogP contribution in [0.4, 0.5) is 5.69 Å². The lowest BCUT2D eigenvalue weighted by molar-refractivity contribution is 0.138. The maximum absolute atomic E-state index is 6.15. The van der Waals surface area contributed by atoms with Crippen LogP contribution in [-0.4, -0.2) is 5.60 Å². The molecule has 0 unspecified atom stereocenters. The Morgan fingerprint density at radius 3 is 2.76 bits per heavy atom. The molecule has 1 heterocycles. The molecule has 21 heavy (non-hydrogen) atoms. The second-order valence-electron chi connectivity index (χ2n) is 5.96. The van der Waals surface area contributed by atoms with E-state index in [-0.39, 0.29) is 5.60 Å². The molecule has 0 aromatic heterocycles. The van der Waals surface area contributed by atoms with E-state index in [9.17, 15) is 0 Å². The lowest BCUT2D eigenvalue weighted by atomic mass is 10.0. The number of hydrogen-bond donors (Lipinski definition) is 1. The Labute approximate surface area is 135 Å². The fraction of sp³-hybridized carbons (Fsp3) is 0.294. The molecule has 3 rings (SSSR count). The Morgan fingerprint density at radius 2 is 1.95 bits per heavy atom. The van der Waals surface area contributed by atoms with Crippen LogP contribution in [0.5, 0.6) is 5.75 Å². The van der Waals surface area contributed by atoms with Gasteiger partial charge in [0.1, 0.15) is 11.4 Å². The lowest BCUT2D eigenvalue weighted by Crippen LogP contribution is -2.24. The molecule has 1 N–H and O–H groups in total. The van der Waals surface area contributed by atoms with Crippen molar-refractivity contribution in [2.24, 2.45) is 0 Å². The fourth-order valence-corrected chi connectivity index (χ4v) is 2.96. The third-order valence-electron chi connectivity index (χ3n) is 3.54. The first-order valence-corrected chi connectivity index (χ1v) is 7.68. The molecule has 0 bridgehead atoms. The van der Waals surface area contributed by atoms with Gasteiger partial charge in [0.05, 0.1) is 10.7 Å². The second kappa shape index (κ2) is 5.43. The summed E-state index contributed by atoms with van der Waals surface area (Å²) in [4.78, 5) is 0. The van der Waals surface area contributed by atoms with Gasteiger partial charge in [-0.15, -0.1) is 0 Å². The van der Waals surface area contributed by atoms with Crippen LogP contribution < -0.4 is 10.1 Å². The summed E-state index contributed by atoms with van der Waals surface area (Å²) in [6.07, 6.45) is 0.939. The summed E-state index contributed by atoms with van der Waals surface area (Å²) in [5, 5.41) is 4.67. The first kappa shape index (κ1) is 14.6. The van der Waals surface area contributed by atoms with Crippen LogP contribution in [0.25, 0.3) is 0 Å². The van der Waals surface area contributed by atoms with Crippen molar-refractivity contribution < 1.29 is 4.74 Å². The summed E-state index contributed by atoms with van der Waals surface area (Å²) in [5.41, 5.74) is 3.20. The van der Waals surface area contributed by atoms with E-state index in [0.29, 0.717) is 16.6 Å². The van der Waals surface area contributed by atoms with E-state index in [0.717, 1.165) is 17.9 Å². The van der Waals surface area contributed by atoms with E-state index in [1.807, 2.05) is 12.1 Å². The van der Waals surface area contributed by atoms with E-state index >= 15 is 0 Å². The van der Waals surface area contributed by atoms with Gasteiger partial charge in [0.25, 0.3) is 0 Å². The minimum absolute atomic E-state index is 0.106. The summed E-state index contributed by atoms with van der Waals surface area (Å²) in [5.74, 6) is 0.990. The molecule has 2 aromatic carbocycles. The van der Waals surface area contributed by atoms with Gasteiger partial charge in [-0.05, 0) is 49.2 Å². The van der Waals surface area contributed by atoms with Crippen LogP contribution >= 0.6 is 23.2 Å². The van der Waals surface area contributed by atoms with Gasteiger partial charge in [0, 0.05) is 18.0 Å². The number of ether oxygens (including phenoxy) is 1. The number of rotatable bonds is 3. The third-order valence-corrected chi connectivity index (χ3v) is 4.10. The number of nitrogens with one attached hydrogen (secondary N) is 1. The van der Waals surface area contributed by atoms with Crippen molar-refractivity contribution in [2.45, 2.75) is 32.4 Å². The summed E-state index contributed by atoms with van der Waals surface area (Å²) in [7, 11) is 0. The lowest BCUT2D eigenvalue weighted by Gasteiger charge is -2.16. The molecule has 2 aromatic rings. The molecule has 0 spiro atoms. The van der Waals surface area contributed by atoms with Gasteiger partial charge >= 0.3 is 0 Å². The fourth-order valence-electron chi connectivity index (χ4n) is 2.60. The highest BCUT2D eigenvalue weighted by molar-refractivity contribution is 6.35. The Hall–Kier alpha value is -1.38. The van der Waals surface area contributed by atoms with Crippen molar-refractivity contribution in [3.8, 4) is 5.75 Å². The van der Waals surface area contributed by atoms with Crippen molar-refractivity contribution in [1.82, 2.24) is 0 Å². The maximum Gasteiger partial charge on any atom is 0.123 e. The highest BCUT2D eigenvalue weighted by Gasteiger charge is 2.29. The quantitative estimate of drug-likeness (QED) is 0.826. The standard InChI is InChI=1S/C17H17Cl2NO/c1-17(2)9-12-7-11(3-6-16(12)21-17)10-20-15-8-13(18)4-5-14(15)19/h3-8,20H,9-10H2,1-2H3. The zero-order valence-corrected chi connectivity index (χ0v) is 13.6. The summed E-state index contributed by atoms with van der Waals surface area (Å²) in [6, 6.07) is 11.7. The molecule has 0 fully saturated rings. The topological polar surface area (TPSA) is 21.3 Å². The van der Waals surface area contributed by atoms with Crippen LogP contribution in [0, 0.1) is 0 Å². The van der Waals surface area contributed by atoms with Gasteiger partial charge in [0.2, 0.25) is 0 Å². The molecule has 1 aliphatic rings. The maximum atomic E-state index is 6.15. The molecule has 0 saturated heterocycles. The number of anilines is 1. The number of hydrogen-bond acceptors (Lipinski definition) is 2. The highest BCUT2D eigenvalue weighted by Crippen LogP contribution is 2.35.